The number of nitrogens with zero attached hydrogens (tertiary/aromatic N) is 1. The van der Waals surface area contributed by atoms with E-state index in [1.807, 2.05) is 55.5 Å². The van der Waals surface area contributed by atoms with E-state index in [2.05, 4.69) is 4.99 Å². The van der Waals surface area contributed by atoms with Gasteiger partial charge in [0.25, 0.3) is 0 Å². The van der Waals surface area contributed by atoms with Crippen LogP contribution in [0.4, 0.5) is 0 Å². The van der Waals surface area contributed by atoms with Crippen molar-refractivity contribution in [3.05, 3.63) is 59.7 Å². The molecular formula is C22H27NO5. The number of hydrogen-bond acceptors (Lipinski definition) is 6. The molecule has 0 aliphatic carbocycles. The molecule has 28 heavy (non-hydrogen) atoms. The Balaban J connectivity index is 1.89. The molecule has 1 atom stereocenters. The third-order valence-electron chi connectivity index (χ3n) is 3.98. The van der Waals surface area contributed by atoms with Gasteiger partial charge in [-0.1, -0.05) is 30.3 Å². The van der Waals surface area contributed by atoms with Gasteiger partial charge in [-0.2, -0.15) is 0 Å². The highest BCUT2D eigenvalue weighted by molar-refractivity contribution is 5.83. The Bertz CT molecular complexity index is 761. The molecule has 0 radical (unpaired) electrons. The summed E-state index contributed by atoms with van der Waals surface area (Å²) < 4.78 is 21.5. The second kappa shape index (κ2) is 11.8. The molecule has 0 aliphatic rings. The first-order chi connectivity index (χ1) is 13.6. The van der Waals surface area contributed by atoms with Crippen LogP contribution in [0.1, 0.15) is 30.6 Å². The van der Waals surface area contributed by atoms with Gasteiger partial charge in [0, 0.05) is 26.4 Å². The van der Waals surface area contributed by atoms with Gasteiger partial charge in [0.05, 0.1) is 13.7 Å². The molecular weight excluding hydrogens is 358 g/mol. The topological polar surface area (TPSA) is 66.4 Å². The van der Waals surface area contributed by atoms with Crippen molar-refractivity contribution < 1.29 is 23.7 Å². The van der Waals surface area contributed by atoms with Crippen molar-refractivity contribution in [1.82, 2.24) is 0 Å². The monoisotopic (exact) mass is 385 g/mol. The van der Waals surface area contributed by atoms with Crippen LogP contribution < -0.4 is 9.47 Å². The zero-order valence-electron chi connectivity index (χ0n) is 16.6. The predicted molar refractivity (Wildman–Crippen MR) is 108 cm³/mol. The summed E-state index contributed by atoms with van der Waals surface area (Å²) in [5, 5.41) is 0. The molecule has 0 saturated carbocycles. The summed E-state index contributed by atoms with van der Waals surface area (Å²) in [6, 6.07) is 15.1. The van der Waals surface area contributed by atoms with Gasteiger partial charge in [-0.3, -0.25) is 9.79 Å². The maximum absolute atomic E-state index is 12.0. The number of methoxy groups -OCH3 is 2. The molecule has 0 aromatic heterocycles. The molecule has 0 N–H and O–H groups in total. The lowest BCUT2D eigenvalue weighted by Crippen LogP contribution is -2.11. The van der Waals surface area contributed by atoms with Crippen LogP contribution in [0.3, 0.4) is 0 Å². The zero-order valence-corrected chi connectivity index (χ0v) is 16.6. The van der Waals surface area contributed by atoms with E-state index in [4.69, 9.17) is 18.9 Å². The van der Waals surface area contributed by atoms with Gasteiger partial charge < -0.3 is 18.9 Å². The summed E-state index contributed by atoms with van der Waals surface area (Å²) in [5.74, 6) is 0.894. The quantitative estimate of drug-likeness (QED) is 0.334. The maximum Gasteiger partial charge on any atom is 0.328 e. The van der Waals surface area contributed by atoms with Crippen LogP contribution >= 0.6 is 0 Å². The molecule has 2 aromatic rings. The van der Waals surface area contributed by atoms with Crippen LogP contribution in [0, 0.1) is 0 Å². The number of ether oxygens (including phenoxy) is 4. The van der Waals surface area contributed by atoms with Crippen LogP contribution in [0.25, 0.3) is 0 Å². The summed E-state index contributed by atoms with van der Waals surface area (Å²) in [6.45, 7) is 2.95. The maximum atomic E-state index is 12.0. The van der Waals surface area contributed by atoms with Gasteiger partial charge in [-0.15, -0.1) is 0 Å². The van der Waals surface area contributed by atoms with Gasteiger partial charge in [0.1, 0.15) is 12.6 Å². The van der Waals surface area contributed by atoms with Crippen LogP contribution in [0.15, 0.2) is 53.5 Å². The zero-order chi connectivity index (χ0) is 20.2. The highest BCUT2D eigenvalue weighted by Gasteiger charge is 2.10. The Morgan fingerprint density at radius 2 is 1.86 bits per heavy atom. The summed E-state index contributed by atoms with van der Waals surface area (Å²) in [5.41, 5.74) is 1.76. The van der Waals surface area contributed by atoms with E-state index in [1.165, 1.54) is 0 Å². The summed E-state index contributed by atoms with van der Waals surface area (Å²) >= 11 is 0. The third kappa shape index (κ3) is 7.04. The van der Waals surface area contributed by atoms with Gasteiger partial charge in [0.2, 0.25) is 0 Å². The van der Waals surface area contributed by atoms with Gasteiger partial charge in [-0.05, 0) is 36.2 Å². The number of esters is 1. The van der Waals surface area contributed by atoms with E-state index >= 15 is 0 Å². The lowest BCUT2D eigenvalue weighted by molar-refractivity contribution is -0.146. The number of carbonyl (C=O) groups is 1. The number of hydrogen-bond donors (Lipinski definition) is 0. The highest BCUT2D eigenvalue weighted by Crippen LogP contribution is 2.27. The fourth-order valence-corrected chi connectivity index (χ4v) is 2.52. The van der Waals surface area contributed by atoms with E-state index in [1.54, 1.807) is 20.4 Å². The molecule has 2 aromatic carbocycles. The van der Waals surface area contributed by atoms with Crippen molar-refractivity contribution in [2.75, 3.05) is 34.0 Å². The van der Waals surface area contributed by atoms with E-state index < -0.39 is 0 Å². The first-order valence-corrected chi connectivity index (χ1v) is 9.18. The van der Waals surface area contributed by atoms with Gasteiger partial charge in [-0.25, -0.2) is 0 Å². The molecule has 6 nitrogen and oxygen atoms in total. The Hall–Kier alpha value is -2.86. The van der Waals surface area contributed by atoms with Crippen LogP contribution in [0.2, 0.25) is 0 Å². The third-order valence-corrected chi connectivity index (χ3v) is 3.98. The fraction of sp³-hybridized carbons (Fsp3) is 0.364. The molecule has 0 bridgehead atoms. The minimum atomic E-state index is -0.378. The molecule has 0 heterocycles. The first-order valence-electron chi connectivity index (χ1n) is 9.18. The molecule has 2 rings (SSSR count). The molecule has 0 spiro atoms. The number of aliphatic imine (C=N–C) groups is 1. The SMILES string of the molecule is COCCCOc1cc(/C=N/CC(=O)O[C@@H](C)c2ccccc2)ccc1OC. The number of rotatable bonds is 11. The normalized spacial score (nSPS) is 12.0. The Morgan fingerprint density at radius 3 is 2.57 bits per heavy atom. The van der Waals surface area contributed by atoms with E-state index in [0.29, 0.717) is 24.7 Å². The van der Waals surface area contributed by atoms with Crippen molar-refractivity contribution >= 4 is 12.2 Å². The lowest BCUT2D eigenvalue weighted by Gasteiger charge is -2.12. The van der Waals surface area contributed by atoms with E-state index in [-0.39, 0.29) is 18.6 Å². The Morgan fingerprint density at radius 1 is 1.07 bits per heavy atom. The molecule has 0 unspecified atom stereocenters. The van der Waals surface area contributed by atoms with Crippen molar-refractivity contribution in [3.63, 3.8) is 0 Å². The Kier molecular flexibility index (Phi) is 9.01. The minimum absolute atomic E-state index is 0.0484. The van der Waals surface area contributed by atoms with Gasteiger partial charge >= 0.3 is 5.97 Å². The molecule has 0 amide bonds. The first kappa shape index (κ1) is 21.4. The summed E-state index contributed by atoms with van der Waals surface area (Å²) in [4.78, 5) is 16.2. The van der Waals surface area contributed by atoms with Crippen LogP contribution in [-0.4, -0.2) is 46.2 Å². The average molecular weight is 385 g/mol. The highest BCUT2D eigenvalue weighted by atomic mass is 16.5. The molecule has 0 saturated heterocycles. The summed E-state index contributed by atoms with van der Waals surface area (Å²) in [6.07, 6.45) is 2.09. The van der Waals surface area contributed by atoms with Crippen molar-refractivity contribution in [1.29, 1.82) is 0 Å². The average Bonchev–Trinajstić information content (AvgIpc) is 2.72. The smallest absolute Gasteiger partial charge is 0.328 e. The van der Waals surface area contributed by atoms with Crippen molar-refractivity contribution in [3.8, 4) is 11.5 Å². The van der Waals surface area contributed by atoms with E-state index in [0.717, 1.165) is 17.5 Å². The molecule has 6 heteroatoms. The standard InChI is InChI=1S/C22H27NO5/c1-17(19-8-5-4-6-9-19)28-22(24)16-23-15-18-10-11-20(26-3)21(14-18)27-13-7-12-25-2/h4-6,8-11,14-15,17H,7,12-13,16H2,1-3H3/b23-15+/t17-/m0/s1. The lowest BCUT2D eigenvalue weighted by atomic mass is 10.1. The van der Waals surface area contributed by atoms with Gasteiger partial charge in [0.15, 0.2) is 11.5 Å². The minimum Gasteiger partial charge on any atom is -0.493 e. The van der Waals surface area contributed by atoms with Crippen LogP contribution in [-0.2, 0) is 14.3 Å². The molecule has 0 aliphatic heterocycles. The predicted octanol–water partition coefficient (Wildman–Crippen LogP) is 3.83. The number of carbonyl (C=O) groups excluding carboxylic acids is 1. The van der Waals surface area contributed by atoms with E-state index in [9.17, 15) is 4.79 Å². The Labute approximate surface area is 166 Å². The largest absolute Gasteiger partial charge is 0.493 e. The number of benzene rings is 2. The molecule has 150 valence electrons. The summed E-state index contributed by atoms with van der Waals surface area (Å²) in [7, 11) is 3.25. The fourth-order valence-electron chi connectivity index (χ4n) is 2.52. The van der Waals surface area contributed by atoms with Crippen LogP contribution in [0.5, 0.6) is 11.5 Å². The van der Waals surface area contributed by atoms with Crippen molar-refractivity contribution in [2.45, 2.75) is 19.4 Å². The second-order valence-corrected chi connectivity index (χ2v) is 6.12. The molecule has 0 fully saturated rings. The second-order valence-electron chi connectivity index (χ2n) is 6.12. The van der Waals surface area contributed by atoms with Crippen molar-refractivity contribution in [2.24, 2.45) is 4.99 Å².